The summed E-state index contributed by atoms with van der Waals surface area (Å²) in [5, 5.41) is 13.2. The van der Waals surface area contributed by atoms with Crippen molar-refractivity contribution in [2.45, 2.75) is 31.7 Å². The first-order chi connectivity index (χ1) is 8.48. The van der Waals surface area contributed by atoms with E-state index < -0.39 is 15.8 Å². The van der Waals surface area contributed by atoms with Crippen LogP contribution in [-0.4, -0.2) is 40.8 Å². The van der Waals surface area contributed by atoms with Gasteiger partial charge in [0.15, 0.2) is 15.5 Å². The minimum Gasteiger partial charge on any atom is -0.476 e. The molecule has 0 amide bonds. The van der Waals surface area contributed by atoms with Gasteiger partial charge in [-0.05, 0) is 25.7 Å². The fraction of sp³-hybridized carbons (Fsp3) is 0.636. The van der Waals surface area contributed by atoms with E-state index in [1.54, 1.807) is 4.68 Å². The second kappa shape index (κ2) is 3.81. The molecular weight excluding hydrogens is 256 g/mol. The number of sulfone groups is 1. The topological polar surface area (TPSA) is 89.3 Å². The van der Waals surface area contributed by atoms with Crippen LogP contribution in [0.15, 0.2) is 0 Å². The average Bonchev–Trinajstić information content (AvgIpc) is 2.90. The highest BCUT2D eigenvalue weighted by Crippen LogP contribution is 2.31. The number of aromatic nitrogens is 2. The van der Waals surface area contributed by atoms with Crippen molar-refractivity contribution in [3.8, 4) is 0 Å². The molecule has 1 aromatic rings. The van der Waals surface area contributed by atoms with Gasteiger partial charge < -0.3 is 5.11 Å². The largest absolute Gasteiger partial charge is 0.476 e. The molecule has 0 aromatic carbocycles. The molecule has 1 aromatic heterocycles. The van der Waals surface area contributed by atoms with E-state index >= 15 is 0 Å². The van der Waals surface area contributed by atoms with Gasteiger partial charge >= 0.3 is 5.97 Å². The van der Waals surface area contributed by atoms with Crippen LogP contribution >= 0.6 is 0 Å². The van der Waals surface area contributed by atoms with Crippen molar-refractivity contribution >= 4 is 15.8 Å². The molecule has 1 N–H and O–H groups in total. The molecule has 1 aliphatic heterocycles. The van der Waals surface area contributed by atoms with Crippen molar-refractivity contribution in [3.63, 3.8) is 0 Å². The molecule has 1 saturated heterocycles. The summed E-state index contributed by atoms with van der Waals surface area (Å²) in [6.45, 7) is 0. The molecule has 98 valence electrons. The predicted molar refractivity (Wildman–Crippen MR) is 63.5 cm³/mol. The van der Waals surface area contributed by atoms with Gasteiger partial charge in [0, 0.05) is 11.3 Å². The summed E-state index contributed by atoms with van der Waals surface area (Å²) < 4.78 is 24.7. The molecule has 1 atom stereocenters. The zero-order chi connectivity index (χ0) is 12.9. The Morgan fingerprint density at radius 3 is 2.78 bits per heavy atom. The number of nitrogens with zero attached hydrogens (tertiary/aromatic N) is 2. The first kappa shape index (κ1) is 11.7. The highest BCUT2D eigenvalue weighted by atomic mass is 32.2. The van der Waals surface area contributed by atoms with Gasteiger partial charge in [-0.1, -0.05) is 0 Å². The van der Waals surface area contributed by atoms with Gasteiger partial charge in [-0.25, -0.2) is 13.2 Å². The zero-order valence-corrected chi connectivity index (χ0v) is 10.6. The summed E-state index contributed by atoms with van der Waals surface area (Å²) in [6.07, 6.45) is 2.99. The maximum atomic E-state index is 11.5. The standard InChI is InChI=1S/C11H14N2O4S/c14-11(15)10-8-2-1-3-9(8)13(12-10)7-4-5-18(16,17)6-7/h7H,1-6H2,(H,14,15). The van der Waals surface area contributed by atoms with Crippen LogP contribution in [0.4, 0.5) is 0 Å². The van der Waals surface area contributed by atoms with Gasteiger partial charge in [0.2, 0.25) is 0 Å². The van der Waals surface area contributed by atoms with Crippen LogP contribution in [0.3, 0.4) is 0 Å². The Kier molecular flexibility index (Phi) is 2.48. The Bertz CT molecular complexity index is 617. The van der Waals surface area contributed by atoms with Gasteiger partial charge in [-0.15, -0.1) is 0 Å². The molecule has 3 rings (SSSR count). The average molecular weight is 270 g/mol. The molecule has 1 fully saturated rings. The predicted octanol–water partition coefficient (Wildman–Crippen LogP) is 0.430. The maximum Gasteiger partial charge on any atom is 0.356 e. The molecule has 0 saturated carbocycles. The SMILES string of the molecule is O=C(O)c1nn(C2CCS(=O)(=O)C2)c2c1CCC2. The number of hydrogen-bond donors (Lipinski definition) is 1. The summed E-state index contributed by atoms with van der Waals surface area (Å²) in [4.78, 5) is 11.1. The van der Waals surface area contributed by atoms with Gasteiger partial charge in [-0.2, -0.15) is 5.10 Å². The molecule has 6 nitrogen and oxygen atoms in total. The molecule has 1 aliphatic carbocycles. The highest BCUT2D eigenvalue weighted by molar-refractivity contribution is 7.91. The molecule has 0 radical (unpaired) electrons. The van der Waals surface area contributed by atoms with Gasteiger partial charge in [0.1, 0.15) is 0 Å². The van der Waals surface area contributed by atoms with Gasteiger partial charge in [0.05, 0.1) is 17.5 Å². The maximum absolute atomic E-state index is 11.5. The minimum absolute atomic E-state index is 0.0835. The lowest BCUT2D eigenvalue weighted by Crippen LogP contribution is -2.15. The first-order valence-electron chi connectivity index (χ1n) is 6.02. The third-order valence-corrected chi connectivity index (χ3v) is 5.47. The number of hydrogen-bond acceptors (Lipinski definition) is 4. The molecule has 0 spiro atoms. The lowest BCUT2D eigenvalue weighted by molar-refractivity contribution is 0.0688. The number of carboxylic acids is 1. The number of rotatable bonds is 2. The fourth-order valence-electron chi connectivity index (χ4n) is 2.91. The van der Waals surface area contributed by atoms with Crippen molar-refractivity contribution in [1.29, 1.82) is 0 Å². The molecule has 2 heterocycles. The van der Waals surface area contributed by atoms with E-state index in [2.05, 4.69) is 5.10 Å². The third-order valence-electron chi connectivity index (χ3n) is 3.72. The van der Waals surface area contributed by atoms with Crippen molar-refractivity contribution in [3.05, 3.63) is 17.0 Å². The number of fused-ring (bicyclic) bond motifs is 1. The Morgan fingerprint density at radius 2 is 2.17 bits per heavy atom. The minimum atomic E-state index is -2.98. The lowest BCUT2D eigenvalue weighted by atomic mass is 10.2. The summed E-state index contributed by atoms with van der Waals surface area (Å²) in [6, 6.07) is -0.185. The van der Waals surface area contributed by atoms with Crippen LogP contribution < -0.4 is 0 Å². The summed E-state index contributed by atoms with van der Waals surface area (Å²) >= 11 is 0. The Hall–Kier alpha value is -1.37. The quantitative estimate of drug-likeness (QED) is 0.841. The van der Waals surface area contributed by atoms with E-state index in [1.807, 2.05) is 0 Å². The number of aromatic carboxylic acids is 1. The Balaban J connectivity index is 2.04. The van der Waals surface area contributed by atoms with Crippen LogP contribution in [0.2, 0.25) is 0 Å². The van der Waals surface area contributed by atoms with Crippen LogP contribution in [0.1, 0.15) is 40.6 Å². The third kappa shape index (κ3) is 1.73. The summed E-state index contributed by atoms with van der Waals surface area (Å²) in [7, 11) is -2.98. The van der Waals surface area contributed by atoms with Crippen molar-refractivity contribution in [2.24, 2.45) is 0 Å². The van der Waals surface area contributed by atoms with E-state index in [1.165, 1.54) is 0 Å². The fourth-order valence-corrected chi connectivity index (χ4v) is 4.60. The molecule has 1 unspecified atom stereocenters. The van der Waals surface area contributed by atoms with E-state index in [9.17, 15) is 13.2 Å². The normalized spacial score (nSPS) is 25.2. The molecule has 7 heteroatoms. The Labute approximate surface area is 105 Å². The first-order valence-corrected chi connectivity index (χ1v) is 7.84. The van der Waals surface area contributed by atoms with Crippen LogP contribution in [0.5, 0.6) is 0 Å². The summed E-state index contributed by atoms with van der Waals surface area (Å²) in [5.74, 6) is -0.762. The highest BCUT2D eigenvalue weighted by Gasteiger charge is 2.34. The van der Waals surface area contributed by atoms with Gasteiger partial charge in [0.25, 0.3) is 0 Å². The number of carboxylic acid groups (broad SMARTS) is 1. The van der Waals surface area contributed by atoms with E-state index in [4.69, 9.17) is 5.11 Å². The van der Waals surface area contributed by atoms with Gasteiger partial charge in [-0.3, -0.25) is 4.68 Å². The zero-order valence-electron chi connectivity index (χ0n) is 9.79. The smallest absolute Gasteiger partial charge is 0.356 e. The van der Waals surface area contributed by atoms with E-state index in [0.717, 1.165) is 30.5 Å². The van der Waals surface area contributed by atoms with Crippen LogP contribution in [0, 0.1) is 0 Å². The molecule has 0 bridgehead atoms. The van der Waals surface area contributed by atoms with Crippen molar-refractivity contribution in [1.82, 2.24) is 9.78 Å². The van der Waals surface area contributed by atoms with Crippen molar-refractivity contribution in [2.75, 3.05) is 11.5 Å². The second-order valence-electron chi connectivity index (χ2n) is 4.93. The van der Waals surface area contributed by atoms with Crippen molar-refractivity contribution < 1.29 is 18.3 Å². The summed E-state index contributed by atoms with van der Waals surface area (Å²) in [5.41, 5.74) is 1.83. The van der Waals surface area contributed by atoms with Crippen LogP contribution in [-0.2, 0) is 22.7 Å². The van der Waals surface area contributed by atoms with Crippen LogP contribution in [0.25, 0.3) is 0 Å². The molecular formula is C11H14N2O4S. The second-order valence-corrected chi connectivity index (χ2v) is 7.16. The Morgan fingerprint density at radius 1 is 1.39 bits per heavy atom. The molecule has 2 aliphatic rings. The lowest BCUT2D eigenvalue weighted by Gasteiger charge is -2.11. The van der Waals surface area contributed by atoms with E-state index in [0.29, 0.717) is 6.42 Å². The monoisotopic (exact) mass is 270 g/mol. The number of carbonyl (C=O) groups is 1. The van der Waals surface area contributed by atoms with E-state index in [-0.39, 0.29) is 23.2 Å². The molecule has 18 heavy (non-hydrogen) atoms.